The van der Waals surface area contributed by atoms with Gasteiger partial charge in [0, 0.05) is 5.69 Å². The summed E-state index contributed by atoms with van der Waals surface area (Å²) < 4.78 is 0. The fourth-order valence-electron chi connectivity index (χ4n) is 2.65. The van der Waals surface area contributed by atoms with Crippen LogP contribution >= 0.6 is 0 Å². The molecule has 104 valence electrons. The first-order chi connectivity index (χ1) is 9.08. The van der Waals surface area contributed by atoms with Crippen molar-refractivity contribution in [3.63, 3.8) is 0 Å². The molecule has 3 heteroatoms. The lowest BCUT2D eigenvalue weighted by Gasteiger charge is -2.15. The molecule has 1 aromatic carbocycles. The molecular formula is C16H23NO2. The zero-order chi connectivity index (χ0) is 14.0. The Balaban J connectivity index is 2.35. The molecule has 3 nitrogen and oxygen atoms in total. The van der Waals surface area contributed by atoms with Crippen LogP contribution in [0.4, 0.5) is 5.69 Å². The van der Waals surface area contributed by atoms with Gasteiger partial charge in [-0.2, -0.15) is 0 Å². The van der Waals surface area contributed by atoms with E-state index in [1.807, 2.05) is 19.1 Å². The van der Waals surface area contributed by atoms with Gasteiger partial charge in [-0.1, -0.05) is 38.8 Å². The monoisotopic (exact) mass is 261 g/mol. The van der Waals surface area contributed by atoms with Crippen LogP contribution in [0.1, 0.15) is 68.7 Å². The number of unbranched alkanes of at least 4 members (excludes halogenated alkanes) is 1. The van der Waals surface area contributed by atoms with Gasteiger partial charge in [-0.3, -0.25) is 4.79 Å². The van der Waals surface area contributed by atoms with Crippen molar-refractivity contribution in [2.45, 2.75) is 58.5 Å². The molecule has 1 amide bonds. The number of aliphatic hydroxyl groups is 1. The number of aryl methyl sites for hydroxylation is 1. The number of rotatable bonds is 5. The fraction of sp³-hybridized carbons (Fsp3) is 0.562. The average molecular weight is 261 g/mol. The maximum Gasteiger partial charge on any atom is 0.231 e. The highest BCUT2D eigenvalue weighted by Gasteiger charge is 2.29. The first-order valence-electron chi connectivity index (χ1n) is 7.24. The van der Waals surface area contributed by atoms with Gasteiger partial charge >= 0.3 is 0 Å². The van der Waals surface area contributed by atoms with Crippen LogP contribution in [0.3, 0.4) is 0 Å². The van der Waals surface area contributed by atoms with Crippen LogP contribution in [0.15, 0.2) is 12.1 Å². The van der Waals surface area contributed by atoms with Crippen LogP contribution < -0.4 is 5.32 Å². The molecule has 2 rings (SSSR count). The zero-order valence-electron chi connectivity index (χ0n) is 12.0. The summed E-state index contributed by atoms with van der Waals surface area (Å²) in [6.07, 6.45) is 3.34. The maximum atomic E-state index is 11.8. The molecule has 0 radical (unpaired) electrons. The SMILES string of the molecule is CCCCC(O)c1cc(CC)c2c(c1)C(C)C(=O)N2. The number of benzene rings is 1. The van der Waals surface area contributed by atoms with E-state index in [0.29, 0.717) is 0 Å². The molecule has 0 bridgehead atoms. The van der Waals surface area contributed by atoms with Gasteiger partial charge in [0.1, 0.15) is 0 Å². The first-order valence-corrected chi connectivity index (χ1v) is 7.24. The highest BCUT2D eigenvalue weighted by atomic mass is 16.3. The van der Waals surface area contributed by atoms with E-state index >= 15 is 0 Å². The Morgan fingerprint density at radius 3 is 2.74 bits per heavy atom. The minimum Gasteiger partial charge on any atom is -0.388 e. The normalized spacial score (nSPS) is 19.2. The van der Waals surface area contributed by atoms with Crippen molar-refractivity contribution < 1.29 is 9.90 Å². The number of amides is 1. The summed E-state index contributed by atoms with van der Waals surface area (Å²) >= 11 is 0. The molecule has 2 atom stereocenters. The Kier molecular flexibility index (Phi) is 4.25. The Morgan fingerprint density at radius 2 is 2.11 bits per heavy atom. The fourth-order valence-corrected chi connectivity index (χ4v) is 2.65. The number of hydrogen-bond acceptors (Lipinski definition) is 2. The van der Waals surface area contributed by atoms with Gasteiger partial charge in [0.05, 0.1) is 12.0 Å². The number of hydrogen-bond donors (Lipinski definition) is 2. The predicted octanol–water partition coefficient (Wildman–Crippen LogP) is 3.53. The molecule has 0 spiro atoms. The molecule has 1 aliphatic heterocycles. The van der Waals surface area contributed by atoms with Crippen LogP contribution in [0.5, 0.6) is 0 Å². The second-order valence-electron chi connectivity index (χ2n) is 5.37. The van der Waals surface area contributed by atoms with E-state index in [4.69, 9.17) is 0 Å². The van der Waals surface area contributed by atoms with Crippen LogP contribution in [0.2, 0.25) is 0 Å². The first kappa shape index (κ1) is 14.1. The number of nitrogens with one attached hydrogen (secondary N) is 1. The molecule has 19 heavy (non-hydrogen) atoms. The molecule has 0 saturated carbocycles. The van der Waals surface area contributed by atoms with Gasteiger partial charge in [0.25, 0.3) is 0 Å². The molecule has 1 aromatic rings. The van der Waals surface area contributed by atoms with Crippen LogP contribution in [-0.2, 0) is 11.2 Å². The van der Waals surface area contributed by atoms with Crippen molar-refractivity contribution in [1.82, 2.24) is 0 Å². The van der Waals surface area contributed by atoms with Crippen molar-refractivity contribution >= 4 is 11.6 Å². The van der Waals surface area contributed by atoms with Gasteiger partial charge < -0.3 is 10.4 Å². The topological polar surface area (TPSA) is 49.3 Å². The summed E-state index contributed by atoms with van der Waals surface area (Å²) in [5, 5.41) is 13.2. The number of fused-ring (bicyclic) bond motifs is 1. The predicted molar refractivity (Wildman–Crippen MR) is 77.3 cm³/mol. The molecule has 1 aliphatic rings. The Bertz CT molecular complexity index is 482. The van der Waals surface area contributed by atoms with E-state index in [0.717, 1.165) is 48.1 Å². The summed E-state index contributed by atoms with van der Waals surface area (Å²) in [4.78, 5) is 11.8. The standard InChI is InChI=1S/C16H23NO2/c1-4-6-7-14(18)12-8-11(5-2)15-13(9-12)10(3)16(19)17-15/h8-10,14,18H,4-7H2,1-3H3,(H,17,19). The highest BCUT2D eigenvalue weighted by molar-refractivity contribution is 6.03. The quantitative estimate of drug-likeness (QED) is 0.852. The highest BCUT2D eigenvalue weighted by Crippen LogP contribution is 2.38. The second-order valence-corrected chi connectivity index (χ2v) is 5.37. The zero-order valence-corrected chi connectivity index (χ0v) is 12.0. The Hall–Kier alpha value is -1.35. The minimum atomic E-state index is -0.418. The molecule has 0 aliphatic carbocycles. The maximum absolute atomic E-state index is 11.8. The van der Waals surface area contributed by atoms with Crippen LogP contribution in [0.25, 0.3) is 0 Å². The Labute approximate surface area is 115 Å². The lowest BCUT2D eigenvalue weighted by molar-refractivity contribution is -0.116. The van der Waals surface area contributed by atoms with Gasteiger partial charge in [0.15, 0.2) is 0 Å². The molecule has 0 saturated heterocycles. The summed E-state index contributed by atoms with van der Waals surface area (Å²) in [6.45, 7) is 6.12. The van der Waals surface area contributed by atoms with E-state index in [-0.39, 0.29) is 11.8 Å². The summed E-state index contributed by atoms with van der Waals surface area (Å²) in [7, 11) is 0. The largest absolute Gasteiger partial charge is 0.388 e. The lowest BCUT2D eigenvalue weighted by atomic mass is 9.93. The third kappa shape index (κ3) is 2.66. The van der Waals surface area contributed by atoms with Crippen molar-refractivity contribution in [1.29, 1.82) is 0 Å². The second kappa shape index (κ2) is 5.74. The lowest BCUT2D eigenvalue weighted by Crippen LogP contribution is -2.08. The number of aliphatic hydroxyl groups excluding tert-OH is 1. The van der Waals surface area contributed by atoms with E-state index < -0.39 is 6.10 Å². The van der Waals surface area contributed by atoms with E-state index in [9.17, 15) is 9.90 Å². The van der Waals surface area contributed by atoms with E-state index in [2.05, 4.69) is 19.2 Å². The third-order valence-electron chi connectivity index (χ3n) is 3.98. The average Bonchev–Trinajstić information content (AvgIpc) is 2.71. The summed E-state index contributed by atoms with van der Waals surface area (Å²) in [5.74, 6) is -0.0523. The Morgan fingerprint density at radius 1 is 1.37 bits per heavy atom. The number of anilines is 1. The molecule has 0 fully saturated rings. The van der Waals surface area contributed by atoms with Crippen LogP contribution in [0, 0.1) is 0 Å². The number of carbonyl (C=O) groups excluding carboxylic acids is 1. The number of carbonyl (C=O) groups is 1. The molecule has 0 aromatic heterocycles. The van der Waals surface area contributed by atoms with Gasteiger partial charge in [-0.15, -0.1) is 0 Å². The van der Waals surface area contributed by atoms with Crippen molar-refractivity contribution in [3.05, 3.63) is 28.8 Å². The molecule has 2 N–H and O–H groups in total. The van der Waals surface area contributed by atoms with Crippen molar-refractivity contribution in [2.24, 2.45) is 0 Å². The molecule has 1 heterocycles. The van der Waals surface area contributed by atoms with Gasteiger partial charge in [-0.25, -0.2) is 0 Å². The molecule has 2 unspecified atom stereocenters. The molecular weight excluding hydrogens is 238 g/mol. The van der Waals surface area contributed by atoms with Gasteiger partial charge in [0.2, 0.25) is 5.91 Å². The summed E-state index contributed by atoms with van der Waals surface area (Å²) in [6, 6.07) is 4.04. The third-order valence-corrected chi connectivity index (χ3v) is 3.98. The summed E-state index contributed by atoms with van der Waals surface area (Å²) in [5.41, 5.74) is 4.08. The smallest absolute Gasteiger partial charge is 0.231 e. The van der Waals surface area contributed by atoms with E-state index in [1.165, 1.54) is 0 Å². The minimum absolute atomic E-state index is 0.0601. The van der Waals surface area contributed by atoms with E-state index in [1.54, 1.807) is 0 Å². The van der Waals surface area contributed by atoms with Crippen molar-refractivity contribution in [3.8, 4) is 0 Å². The van der Waals surface area contributed by atoms with Crippen LogP contribution in [-0.4, -0.2) is 11.0 Å². The van der Waals surface area contributed by atoms with Gasteiger partial charge in [-0.05, 0) is 36.5 Å². The van der Waals surface area contributed by atoms with Crippen molar-refractivity contribution in [2.75, 3.05) is 5.32 Å².